The molecule has 0 aliphatic carbocycles. The van der Waals surface area contributed by atoms with Crippen LogP contribution in [-0.4, -0.2) is 0 Å². The van der Waals surface area contributed by atoms with Crippen molar-refractivity contribution in [2.75, 3.05) is 0 Å². The highest BCUT2D eigenvalue weighted by Crippen LogP contribution is 2.28. The number of hydrogen-bond acceptors (Lipinski definition) is 2. The molecule has 2 rings (SSSR count). The van der Waals surface area contributed by atoms with Crippen molar-refractivity contribution < 1.29 is 4.42 Å². The third-order valence-corrected chi connectivity index (χ3v) is 2.45. The van der Waals surface area contributed by atoms with Gasteiger partial charge in [0.05, 0.1) is 18.3 Å². The molecule has 1 aromatic heterocycles. The molecule has 1 atom stereocenters. The highest BCUT2D eigenvalue weighted by Gasteiger charge is 2.13. The van der Waals surface area contributed by atoms with Crippen LogP contribution < -0.4 is 0 Å². The van der Waals surface area contributed by atoms with E-state index < -0.39 is 0 Å². The number of fused-ring (bicyclic) bond motifs is 1. The smallest absolute Gasteiger partial charge is 0.134 e. The lowest BCUT2D eigenvalue weighted by Gasteiger charge is -2.01. The van der Waals surface area contributed by atoms with Crippen molar-refractivity contribution in [2.45, 2.75) is 19.3 Å². The molecular formula is C12H11NO. The van der Waals surface area contributed by atoms with Crippen molar-refractivity contribution in [3.05, 3.63) is 36.1 Å². The van der Waals surface area contributed by atoms with Gasteiger partial charge in [-0.05, 0) is 12.5 Å². The van der Waals surface area contributed by atoms with E-state index in [-0.39, 0.29) is 5.92 Å². The molecule has 0 spiro atoms. The van der Waals surface area contributed by atoms with Gasteiger partial charge in [-0.1, -0.05) is 25.1 Å². The fourth-order valence-electron chi connectivity index (χ4n) is 1.65. The molecule has 1 aromatic carbocycles. The van der Waals surface area contributed by atoms with Crippen LogP contribution in [0.2, 0.25) is 0 Å². The maximum absolute atomic E-state index is 8.97. The zero-order chi connectivity index (χ0) is 9.97. The molecule has 0 fully saturated rings. The molecule has 70 valence electrons. The van der Waals surface area contributed by atoms with Crippen molar-refractivity contribution in [3.63, 3.8) is 0 Å². The van der Waals surface area contributed by atoms with E-state index in [4.69, 9.17) is 9.68 Å². The van der Waals surface area contributed by atoms with Gasteiger partial charge in [-0.25, -0.2) is 0 Å². The van der Waals surface area contributed by atoms with E-state index in [1.807, 2.05) is 31.2 Å². The van der Waals surface area contributed by atoms with E-state index in [9.17, 15) is 0 Å². The average Bonchev–Trinajstić information content (AvgIpc) is 2.65. The average molecular weight is 185 g/mol. The minimum absolute atomic E-state index is 0.0568. The van der Waals surface area contributed by atoms with Crippen LogP contribution >= 0.6 is 0 Å². The molecule has 0 aliphatic rings. The highest BCUT2D eigenvalue weighted by atomic mass is 16.3. The SMILES string of the molecule is CCC(C#N)c1coc2ccccc12. The Morgan fingerprint density at radius 2 is 2.21 bits per heavy atom. The maximum Gasteiger partial charge on any atom is 0.134 e. The second-order valence-corrected chi connectivity index (χ2v) is 3.28. The Labute approximate surface area is 82.8 Å². The summed E-state index contributed by atoms with van der Waals surface area (Å²) in [6, 6.07) is 10.1. The second-order valence-electron chi connectivity index (χ2n) is 3.28. The van der Waals surface area contributed by atoms with Gasteiger partial charge in [0.1, 0.15) is 5.58 Å². The largest absolute Gasteiger partial charge is 0.464 e. The zero-order valence-electron chi connectivity index (χ0n) is 8.03. The molecule has 2 nitrogen and oxygen atoms in total. The van der Waals surface area contributed by atoms with Gasteiger partial charge in [0, 0.05) is 10.9 Å². The molecule has 0 amide bonds. The summed E-state index contributed by atoms with van der Waals surface area (Å²) in [6.45, 7) is 2.01. The van der Waals surface area contributed by atoms with Crippen molar-refractivity contribution in [1.29, 1.82) is 5.26 Å². The third kappa shape index (κ3) is 1.27. The van der Waals surface area contributed by atoms with Gasteiger partial charge in [0.25, 0.3) is 0 Å². The predicted octanol–water partition coefficient (Wildman–Crippen LogP) is 3.45. The lowest BCUT2D eigenvalue weighted by Crippen LogP contribution is -1.91. The lowest BCUT2D eigenvalue weighted by molar-refractivity contribution is 0.606. The van der Waals surface area contributed by atoms with E-state index in [0.717, 1.165) is 23.0 Å². The van der Waals surface area contributed by atoms with Gasteiger partial charge in [-0.2, -0.15) is 5.26 Å². The molecule has 0 saturated carbocycles. The molecule has 1 heterocycles. The van der Waals surface area contributed by atoms with Crippen LogP contribution in [0, 0.1) is 11.3 Å². The van der Waals surface area contributed by atoms with E-state index in [0.29, 0.717) is 0 Å². The molecule has 2 aromatic rings. The fourth-order valence-corrected chi connectivity index (χ4v) is 1.65. The highest BCUT2D eigenvalue weighted by molar-refractivity contribution is 5.81. The summed E-state index contributed by atoms with van der Waals surface area (Å²) in [4.78, 5) is 0. The summed E-state index contributed by atoms with van der Waals surface area (Å²) in [6.07, 6.45) is 2.52. The number of para-hydroxylation sites is 1. The summed E-state index contributed by atoms with van der Waals surface area (Å²) < 4.78 is 5.38. The van der Waals surface area contributed by atoms with Crippen LogP contribution in [0.15, 0.2) is 34.9 Å². The van der Waals surface area contributed by atoms with Crippen molar-refractivity contribution >= 4 is 11.0 Å². The van der Waals surface area contributed by atoms with Crippen LogP contribution in [0.1, 0.15) is 24.8 Å². The molecule has 0 aliphatic heterocycles. The Balaban J connectivity index is 2.59. The van der Waals surface area contributed by atoms with Gasteiger partial charge in [-0.15, -0.1) is 0 Å². The first kappa shape index (κ1) is 8.83. The Kier molecular flexibility index (Phi) is 2.24. The monoisotopic (exact) mass is 185 g/mol. The van der Waals surface area contributed by atoms with E-state index in [1.165, 1.54) is 0 Å². The number of nitriles is 1. The Bertz CT molecular complexity index is 478. The quantitative estimate of drug-likeness (QED) is 0.718. The normalized spacial score (nSPS) is 12.6. The molecule has 0 N–H and O–H groups in total. The Morgan fingerprint density at radius 3 is 2.93 bits per heavy atom. The van der Waals surface area contributed by atoms with Crippen molar-refractivity contribution in [1.82, 2.24) is 0 Å². The first-order valence-corrected chi connectivity index (χ1v) is 4.72. The van der Waals surface area contributed by atoms with Crippen LogP contribution in [0.3, 0.4) is 0 Å². The molecule has 0 saturated heterocycles. The number of rotatable bonds is 2. The van der Waals surface area contributed by atoms with Gasteiger partial charge >= 0.3 is 0 Å². The van der Waals surface area contributed by atoms with E-state index in [2.05, 4.69) is 6.07 Å². The number of benzene rings is 1. The molecule has 0 radical (unpaired) electrons. The van der Waals surface area contributed by atoms with E-state index in [1.54, 1.807) is 6.26 Å². The second kappa shape index (κ2) is 3.55. The minimum Gasteiger partial charge on any atom is -0.464 e. The molecule has 2 heteroatoms. The van der Waals surface area contributed by atoms with Gasteiger partial charge < -0.3 is 4.42 Å². The number of furan rings is 1. The minimum atomic E-state index is -0.0568. The van der Waals surface area contributed by atoms with Crippen molar-refractivity contribution in [3.8, 4) is 6.07 Å². The van der Waals surface area contributed by atoms with Crippen LogP contribution in [0.5, 0.6) is 0 Å². The summed E-state index contributed by atoms with van der Waals surface area (Å²) in [5.41, 5.74) is 1.86. The first-order valence-electron chi connectivity index (χ1n) is 4.72. The molecule has 1 unspecified atom stereocenters. The topological polar surface area (TPSA) is 36.9 Å². The fraction of sp³-hybridized carbons (Fsp3) is 0.250. The summed E-state index contributed by atoms with van der Waals surface area (Å²) in [5, 5.41) is 10.0. The Morgan fingerprint density at radius 1 is 1.43 bits per heavy atom. The van der Waals surface area contributed by atoms with Crippen LogP contribution in [-0.2, 0) is 0 Å². The Hall–Kier alpha value is -1.75. The van der Waals surface area contributed by atoms with E-state index >= 15 is 0 Å². The van der Waals surface area contributed by atoms with Gasteiger partial charge in [0.2, 0.25) is 0 Å². The molecule has 0 bridgehead atoms. The zero-order valence-corrected chi connectivity index (χ0v) is 8.03. The maximum atomic E-state index is 8.97. The first-order chi connectivity index (χ1) is 6.86. The third-order valence-electron chi connectivity index (χ3n) is 2.45. The predicted molar refractivity (Wildman–Crippen MR) is 54.9 cm³/mol. The number of hydrogen-bond donors (Lipinski definition) is 0. The standard InChI is InChI=1S/C12H11NO/c1-2-9(7-13)11-8-14-12-6-4-3-5-10(11)12/h3-6,8-9H,2H2,1H3. The summed E-state index contributed by atoms with van der Waals surface area (Å²) in [5.74, 6) is -0.0568. The van der Waals surface area contributed by atoms with Gasteiger partial charge in [0.15, 0.2) is 0 Å². The summed E-state index contributed by atoms with van der Waals surface area (Å²) in [7, 11) is 0. The molecule has 14 heavy (non-hydrogen) atoms. The van der Waals surface area contributed by atoms with Crippen molar-refractivity contribution in [2.24, 2.45) is 0 Å². The van der Waals surface area contributed by atoms with Gasteiger partial charge in [-0.3, -0.25) is 0 Å². The lowest BCUT2D eigenvalue weighted by atomic mass is 9.98. The van der Waals surface area contributed by atoms with Crippen LogP contribution in [0.4, 0.5) is 0 Å². The number of nitrogens with zero attached hydrogens (tertiary/aromatic N) is 1. The molecular weight excluding hydrogens is 174 g/mol. The summed E-state index contributed by atoms with van der Waals surface area (Å²) >= 11 is 0. The van der Waals surface area contributed by atoms with Crippen LogP contribution in [0.25, 0.3) is 11.0 Å².